The van der Waals surface area contributed by atoms with Crippen molar-refractivity contribution in [3.8, 4) is 5.75 Å². The molecule has 102 valence electrons. The monoisotopic (exact) mass is 271 g/mol. The molecule has 1 aliphatic rings. The largest absolute Gasteiger partial charge is 0.545 e. The summed E-state index contributed by atoms with van der Waals surface area (Å²) in [5.41, 5.74) is 0.286. The van der Waals surface area contributed by atoms with Crippen LogP contribution in [0.1, 0.15) is 18.1 Å². The third-order valence-corrected chi connectivity index (χ3v) is 2.85. The van der Waals surface area contributed by atoms with Gasteiger partial charge in [0, 0.05) is 11.1 Å². The van der Waals surface area contributed by atoms with Gasteiger partial charge in [0.15, 0.2) is 0 Å². The summed E-state index contributed by atoms with van der Waals surface area (Å²) < 4.78 is 43.0. The van der Waals surface area contributed by atoms with E-state index in [2.05, 4.69) is 0 Å². The molecule has 3 nitrogen and oxygen atoms in total. The van der Waals surface area contributed by atoms with Crippen LogP contribution in [0.15, 0.2) is 23.8 Å². The first-order valence-electron chi connectivity index (χ1n) is 5.62. The Morgan fingerprint density at radius 3 is 2.63 bits per heavy atom. The second-order valence-electron chi connectivity index (χ2n) is 4.15. The molecule has 0 aliphatic carbocycles. The molecule has 2 rings (SSSR count). The molecule has 0 fully saturated rings. The number of aryl methyl sites for hydroxylation is 1. The van der Waals surface area contributed by atoms with E-state index in [1.54, 1.807) is 12.1 Å². The average Bonchev–Trinajstić information content (AvgIpc) is 2.35. The Labute approximate surface area is 107 Å². The van der Waals surface area contributed by atoms with Gasteiger partial charge >= 0.3 is 6.18 Å². The van der Waals surface area contributed by atoms with Crippen molar-refractivity contribution in [2.75, 3.05) is 0 Å². The number of alkyl halides is 3. The normalized spacial score (nSPS) is 18.3. The summed E-state index contributed by atoms with van der Waals surface area (Å²) in [7, 11) is 0. The number of carbonyl (C=O) groups excluding carboxylic acids is 1. The Balaban J connectivity index is 2.51. The molecule has 6 heteroatoms. The number of rotatable bonds is 2. The molecule has 0 aromatic heterocycles. The van der Waals surface area contributed by atoms with Gasteiger partial charge in [0.05, 0.1) is 5.97 Å². The number of ether oxygens (including phenoxy) is 1. The van der Waals surface area contributed by atoms with E-state index in [1.165, 1.54) is 6.07 Å². The number of fused-ring (bicyclic) bond motifs is 1. The van der Waals surface area contributed by atoms with Crippen LogP contribution >= 0.6 is 0 Å². The Morgan fingerprint density at radius 2 is 2.11 bits per heavy atom. The van der Waals surface area contributed by atoms with Crippen molar-refractivity contribution in [2.24, 2.45) is 0 Å². The third-order valence-electron chi connectivity index (χ3n) is 2.85. The van der Waals surface area contributed by atoms with E-state index >= 15 is 0 Å². The predicted octanol–water partition coefficient (Wildman–Crippen LogP) is 1.71. The maximum atomic E-state index is 12.7. The van der Waals surface area contributed by atoms with E-state index in [1.807, 2.05) is 6.92 Å². The minimum absolute atomic E-state index is 0.0181. The lowest BCUT2D eigenvalue weighted by atomic mass is 9.99. The maximum absolute atomic E-state index is 12.7. The van der Waals surface area contributed by atoms with Gasteiger partial charge in [0.1, 0.15) is 5.75 Å². The first kappa shape index (κ1) is 13.5. The Bertz CT molecular complexity index is 547. The number of aliphatic carboxylic acids is 1. The highest BCUT2D eigenvalue weighted by Crippen LogP contribution is 2.37. The topological polar surface area (TPSA) is 49.4 Å². The zero-order valence-electron chi connectivity index (χ0n) is 9.95. The van der Waals surface area contributed by atoms with Crippen molar-refractivity contribution in [3.63, 3.8) is 0 Å². The van der Waals surface area contributed by atoms with Crippen LogP contribution in [0.4, 0.5) is 13.2 Å². The van der Waals surface area contributed by atoms with Gasteiger partial charge in [-0.1, -0.05) is 13.0 Å². The molecule has 0 amide bonds. The fourth-order valence-electron chi connectivity index (χ4n) is 1.88. The molecule has 1 aromatic rings. The Kier molecular flexibility index (Phi) is 3.26. The van der Waals surface area contributed by atoms with Gasteiger partial charge in [-0.3, -0.25) is 0 Å². The minimum atomic E-state index is -4.80. The number of hydrogen-bond acceptors (Lipinski definition) is 3. The van der Waals surface area contributed by atoms with Gasteiger partial charge in [-0.05, 0) is 30.2 Å². The minimum Gasteiger partial charge on any atom is -0.545 e. The molecular weight excluding hydrogens is 261 g/mol. The van der Waals surface area contributed by atoms with Crippen molar-refractivity contribution < 1.29 is 27.8 Å². The summed E-state index contributed by atoms with van der Waals surface area (Å²) >= 11 is 0. The van der Waals surface area contributed by atoms with E-state index in [-0.39, 0.29) is 5.75 Å². The van der Waals surface area contributed by atoms with Crippen LogP contribution in [0.2, 0.25) is 0 Å². The molecule has 0 unspecified atom stereocenters. The second-order valence-corrected chi connectivity index (χ2v) is 4.15. The second kappa shape index (κ2) is 4.60. The van der Waals surface area contributed by atoms with Crippen LogP contribution in [0.3, 0.4) is 0 Å². The van der Waals surface area contributed by atoms with Gasteiger partial charge in [-0.15, -0.1) is 0 Å². The summed E-state index contributed by atoms with van der Waals surface area (Å²) in [5.74, 6) is -1.86. The molecule has 0 spiro atoms. The first-order chi connectivity index (χ1) is 8.82. The zero-order valence-corrected chi connectivity index (χ0v) is 9.95. The van der Waals surface area contributed by atoms with Crippen LogP contribution < -0.4 is 9.84 Å². The summed E-state index contributed by atoms with van der Waals surface area (Å²) in [6, 6.07) is 4.66. The molecule has 0 bridgehead atoms. The lowest BCUT2D eigenvalue weighted by Crippen LogP contribution is -2.44. The van der Waals surface area contributed by atoms with Crippen molar-refractivity contribution in [3.05, 3.63) is 34.9 Å². The highest BCUT2D eigenvalue weighted by molar-refractivity contribution is 5.93. The molecule has 19 heavy (non-hydrogen) atoms. The van der Waals surface area contributed by atoms with Crippen LogP contribution in [-0.2, 0) is 11.2 Å². The summed E-state index contributed by atoms with van der Waals surface area (Å²) in [5, 5.41) is 10.8. The fourth-order valence-corrected chi connectivity index (χ4v) is 1.88. The number of carboxylic acids is 1. The van der Waals surface area contributed by atoms with E-state index in [4.69, 9.17) is 4.74 Å². The number of hydrogen-bond donors (Lipinski definition) is 0. The zero-order chi connectivity index (χ0) is 14.2. The van der Waals surface area contributed by atoms with Gasteiger partial charge < -0.3 is 14.6 Å². The van der Waals surface area contributed by atoms with Crippen molar-refractivity contribution in [1.29, 1.82) is 0 Å². The van der Waals surface area contributed by atoms with E-state index in [9.17, 15) is 23.1 Å². The van der Waals surface area contributed by atoms with Gasteiger partial charge in [-0.2, -0.15) is 13.2 Å². The van der Waals surface area contributed by atoms with Crippen LogP contribution in [0.25, 0.3) is 6.08 Å². The van der Waals surface area contributed by atoms with Crippen molar-refractivity contribution in [2.45, 2.75) is 25.6 Å². The number of benzene rings is 1. The van der Waals surface area contributed by atoms with E-state index in [0.717, 1.165) is 11.6 Å². The summed E-state index contributed by atoms with van der Waals surface area (Å²) in [4.78, 5) is 10.8. The van der Waals surface area contributed by atoms with Gasteiger partial charge in [0.2, 0.25) is 6.10 Å². The van der Waals surface area contributed by atoms with Crippen LogP contribution in [0.5, 0.6) is 5.75 Å². The van der Waals surface area contributed by atoms with Gasteiger partial charge in [-0.25, -0.2) is 0 Å². The summed E-state index contributed by atoms with van der Waals surface area (Å²) in [6.45, 7) is 1.88. The lowest BCUT2D eigenvalue weighted by Gasteiger charge is -2.29. The highest BCUT2D eigenvalue weighted by atomic mass is 19.4. The molecule has 0 saturated heterocycles. The fraction of sp³-hybridized carbons (Fsp3) is 0.308. The maximum Gasteiger partial charge on any atom is 0.429 e. The predicted molar refractivity (Wildman–Crippen MR) is 59.3 cm³/mol. The van der Waals surface area contributed by atoms with Gasteiger partial charge in [0.25, 0.3) is 0 Å². The van der Waals surface area contributed by atoms with E-state index in [0.29, 0.717) is 12.0 Å². The SMILES string of the molecule is CCc1ccc2c(c1)C=C(C(=O)[O-])[C@@H](C(F)(F)F)O2. The molecular formula is C13H10F3O3-. The molecule has 1 heterocycles. The highest BCUT2D eigenvalue weighted by Gasteiger charge is 2.46. The average molecular weight is 271 g/mol. The molecule has 1 atom stereocenters. The smallest absolute Gasteiger partial charge is 0.429 e. The molecule has 0 saturated carbocycles. The Morgan fingerprint density at radius 1 is 1.42 bits per heavy atom. The number of carbonyl (C=O) groups is 1. The lowest BCUT2D eigenvalue weighted by molar-refractivity contribution is -0.302. The molecule has 1 aliphatic heterocycles. The molecule has 0 radical (unpaired) electrons. The number of halogens is 3. The molecule has 1 aromatic carbocycles. The van der Waals surface area contributed by atoms with Crippen molar-refractivity contribution >= 4 is 12.0 Å². The Hall–Kier alpha value is -1.98. The number of carboxylic acid groups (broad SMARTS) is 1. The molecule has 0 N–H and O–H groups in total. The quantitative estimate of drug-likeness (QED) is 0.822. The third kappa shape index (κ3) is 2.57. The van der Waals surface area contributed by atoms with Crippen LogP contribution in [0, 0.1) is 0 Å². The summed E-state index contributed by atoms with van der Waals surface area (Å²) in [6.07, 6.45) is -5.64. The van der Waals surface area contributed by atoms with Crippen LogP contribution in [-0.4, -0.2) is 18.2 Å². The van der Waals surface area contributed by atoms with E-state index < -0.39 is 23.8 Å². The standard InChI is InChI=1S/C13H11F3O3/c1-2-7-3-4-10-8(5-7)6-9(12(17)18)11(19-10)13(14,15)16/h3-6,11H,2H2,1H3,(H,17,18)/p-1/t11-/m0/s1. The van der Waals surface area contributed by atoms with Crippen molar-refractivity contribution in [1.82, 2.24) is 0 Å². The first-order valence-corrected chi connectivity index (χ1v) is 5.62.